The summed E-state index contributed by atoms with van der Waals surface area (Å²) < 4.78 is 0.296. The van der Waals surface area contributed by atoms with Crippen molar-refractivity contribution < 1.29 is 0 Å². The van der Waals surface area contributed by atoms with Crippen molar-refractivity contribution >= 4 is 19.8 Å². The molecule has 1 heterocycles. The fourth-order valence-electron chi connectivity index (χ4n) is 2.18. The maximum absolute atomic E-state index is 4.60. The van der Waals surface area contributed by atoms with Gasteiger partial charge in [-0.3, -0.25) is 0 Å². The van der Waals surface area contributed by atoms with Gasteiger partial charge in [-0.15, -0.1) is 0 Å². The zero-order valence-corrected chi connectivity index (χ0v) is 14.5. The van der Waals surface area contributed by atoms with Gasteiger partial charge < -0.3 is 0 Å². The third-order valence-corrected chi connectivity index (χ3v) is 9.75. The predicted molar refractivity (Wildman–Crippen MR) is 93.3 cm³/mol. The van der Waals surface area contributed by atoms with Crippen molar-refractivity contribution in [3.8, 4) is 11.3 Å². The van der Waals surface area contributed by atoms with Gasteiger partial charge in [0.15, 0.2) is 0 Å². The molecule has 2 aromatic rings. The van der Waals surface area contributed by atoms with E-state index >= 15 is 0 Å². The average Bonchev–Trinajstić information content (AvgIpc) is 2.39. The van der Waals surface area contributed by atoms with Crippen LogP contribution < -0.4 is 0 Å². The van der Waals surface area contributed by atoms with Crippen LogP contribution in [-0.4, -0.2) is 14.8 Å². The van der Waals surface area contributed by atoms with E-state index in [4.69, 9.17) is 0 Å². The topological polar surface area (TPSA) is 12.9 Å². The summed E-state index contributed by atoms with van der Waals surface area (Å²) in [6.45, 7) is 6.91. The van der Waals surface area contributed by atoms with E-state index in [2.05, 4.69) is 65.9 Å². The van der Waals surface area contributed by atoms with Crippen LogP contribution in [0.4, 0.5) is 0 Å². The number of hydrogen-bond donors (Lipinski definition) is 0. The predicted octanol–water partition coefficient (Wildman–Crippen LogP) is 5.06. The minimum atomic E-state index is -0.978. The Bertz CT molecular complexity index is 573. The number of pyridine rings is 1. The number of hydrogen-bond acceptors (Lipinski definition) is 1. The summed E-state index contributed by atoms with van der Waals surface area (Å²) >= 11 is -0.978. The molecule has 0 aliphatic rings. The standard InChI is InChI=1S/C17H22IN/c1-13-9-8-12-19-16(13)14-10-6-7-11-15(14)17(2,3)18(4)5/h6-12H,1-5H3. The van der Waals surface area contributed by atoms with E-state index in [-0.39, 0.29) is 0 Å². The molecule has 2 heteroatoms. The van der Waals surface area contributed by atoms with Gasteiger partial charge in [0, 0.05) is 0 Å². The Hall–Kier alpha value is -0.900. The van der Waals surface area contributed by atoms with E-state index in [0.29, 0.717) is 3.42 Å². The second-order valence-corrected chi connectivity index (χ2v) is 12.5. The van der Waals surface area contributed by atoms with Crippen LogP contribution in [0.25, 0.3) is 11.3 Å². The van der Waals surface area contributed by atoms with E-state index in [1.165, 1.54) is 16.7 Å². The Labute approximate surface area is 123 Å². The molecule has 0 spiro atoms. The van der Waals surface area contributed by atoms with Gasteiger partial charge in [-0.25, -0.2) is 0 Å². The van der Waals surface area contributed by atoms with E-state index in [0.717, 1.165) is 5.69 Å². The molecule has 1 aromatic heterocycles. The number of aromatic nitrogens is 1. The first-order chi connectivity index (χ1) is 8.94. The quantitative estimate of drug-likeness (QED) is 0.546. The van der Waals surface area contributed by atoms with Crippen LogP contribution in [0.3, 0.4) is 0 Å². The summed E-state index contributed by atoms with van der Waals surface area (Å²) in [7, 11) is 0. The maximum atomic E-state index is 4.60. The Morgan fingerprint density at radius 3 is 2.32 bits per heavy atom. The molecule has 2 rings (SSSR count). The van der Waals surface area contributed by atoms with Gasteiger partial charge in [0.05, 0.1) is 0 Å². The van der Waals surface area contributed by atoms with E-state index < -0.39 is 19.8 Å². The number of halogens is 1. The van der Waals surface area contributed by atoms with Crippen molar-refractivity contribution in [2.45, 2.75) is 24.2 Å². The molecule has 0 saturated heterocycles. The monoisotopic (exact) mass is 367 g/mol. The molecule has 0 saturated carbocycles. The average molecular weight is 367 g/mol. The molecule has 0 N–H and O–H groups in total. The van der Waals surface area contributed by atoms with Crippen LogP contribution in [0.15, 0.2) is 42.6 Å². The molecule has 0 unspecified atom stereocenters. The van der Waals surface area contributed by atoms with Crippen LogP contribution in [0.2, 0.25) is 0 Å². The number of nitrogens with zero attached hydrogens (tertiary/aromatic N) is 1. The van der Waals surface area contributed by atoms with Gasteiger partial charge in [-0.2, -0.15) is 0 Å². The Morgan fingerprint density at radius 2 is 1.68 bits per heavy atom. The van der Waals surface area contributed by atoms with Crippen molar-refractivity contribution in [3.63, 3.8) is 0 Å². The molecule has 0 amide bonds. The molecule has 0 radical (unpaired) electrons. The van der Waals surface area contributed by atoms with Crippen molar-refractivity contribution in [2.75, 3.05) is 9.86 Å². The summed E-state index contributed by atoms with van der Waals surface area (Å²) in [5.74, 6) is 0. The van der Waals surface area contributed by atoms with Gasteiger partial charge >= 0.3 is 124 Å². The number of benzene rings is 1. The summed E-state index contributed by atoms with van der Waals surface area (Å²) in [6, 6.07) is 12.9. The molecular weight excluding hydrogens is 345 g/mol. The normalized spacial score (nSPS) is 12.4. The van der Waals surface area contributed by atoms with Gasteiger partial charge in [0.1, 0.15) is 0 Å². The van der Waals surface area contributed by atoms with Crippen molar-refractivity contribution in [1.29, 1.82) is 0 Å². The molecule has 1 nitrogen and oxygen atoms in total. The molecule has 1 aromatic carbocycles. The Kier molecular flexibility index (Phi) is 4.29. The summed E-state index contributed by atoms with van der Waals surface area (Å²) in [5.41, 5.74) is 5.13. The van der Waals surface area contributed by atoms with Gasteiger partial charge in [-0.1, -0.05) is 0 Å². The van der Waals surface area contributed by atoms with Crippen LogP contribution in [0, 0.1) is 6.92 Å². The zero-order valence-electron chi connectivity index (χ0n) is 12.4. The van der Waals surface area contributed by atoms with Crippen molar-refractivity contribution in [1.82, 2.24) is 4.98 Å². The van der Waals surface area contributed by atoms with Crippen LogP contribution >= 0.6 is 19.8 Å². The first kappa shape index (κ1) is 14.5. The second-order valence-electron chi connectivity index (χ2n) is 5.44. The SMILES string of the molecule is Cc1cccnc1-c1ccccc1C(C)(C)I(C)C. The molecule has 0 aliphatic carbocycles. The zero-order chi connectivity index (χ0) is 14.0. The fourth-order valence-corrected chi connectivity index (χ4v) is 3.81. The van der Waals surface area contributed by atoms with Crippen molar-refractivity contribution in [2.24, 2.45) is 0 Å². The van der Waals surface area contributed by atoms with Gasteiger partial charge in [0.2, 0.25) is 0 Å². The summed E-state index contributed by atoms with van der Waals surface area (Å²) in [5, 5.41) is 0. The van der Waals surface area contributed by atoms with Crippen LogP contribution in [0.5, 0.6) is 0 Å². The molecule has 0 atom stereocenters. The van der Waals surface area contributed by atoms with E-state index in [1.807, 2.05) is 12.3 Å². The van der Waals surface area contributed by atoms with Gasteiger partial charge in [-0.05, 0) is 0 Å². The first-order valence-corrected chi connectivity index (χ1v) is 11.9. The van der Waals surface area contributed by atoms with E-state index in [9.17, 15) is 0 Å². The number of aryl methyl sites for hydroxylation is 1. The van der Waals surface area contributed by atoms with E-state index in [1.54, 1.807) is 0 Å². The number of rotatable bonds is 3. The fraction of sp³-hybridized carbons (Fsp3) is 0.353. The minimum absolute atomic E-state index is 0.296. The molecule has 0 aliphatic heterocycles. The summed E-state index contributed by atoms with van der Waals surface area (Å²) in [4.78, 5) is 9.47. The van der Waals surface area contributed by atoms with Crippen LogP contribution in [-0.2, 0) is 3.42 Å². The number of alkyl halides is 3. The third-order valence-electron chi connectivity index (χ3n) is 3.78. The molecule has 0 bridgehead atoms. The molecule has 102 valence electrons. The first-order valence-electron chi connectivity index (χ1n) is 6.46. The third kappa shape index (κ3) is 2.83. The second kappa shape index (κ2) is 5.61. The molecule has 0 fully saturated rings. The van der Waals surface area contributed by atoms with Gasteiger partial charge in [0.25, 0.3) is 0 Å². The van der Waals surface area contributed by atoms with Crippen molar-refractivity contribution in [3.05, 3.63) is 53.7 Å². The Balaban J connectivity index is 2.64. The molecular formula is C17H22IN. The Morgan fingerprint density at radius 1 is 1.00 bits per heavy atom. The van der Waals surface area contributed by atoms with Crippen LogP contribution in [0.1, 0.15) is 25.0 Å². The molecule has 19 heavy (non-hydrogen) atoms. The summed E-state index contributed by atoms with van der Waals surface area (Å²) in [6.07, 6.45) is 1.89.